The molecule has 0 radical (unpaired) electrons. The van der Waals surface area contributed by atoms with E-state index < -0.39 is 0 Å². The second-order valence-electron chi connectivity index (χ2n) is 6.17. The summed E-state index contributed by atoms with van der Waals surface area (Å²) in [6.45, 7) is 3.70. The van der Waals surface area contributed by atoms with Crippen LogP contribution in [0.3, 0.4) is 0 Å². The monoisotopic (exact) mass is 328 g/mol. The summed E-state index contributed by atoms with van der Waals surface area (Å²) in [5.41, 5.74) is 2.39. The summed E-state index contributed by atoms with van der Waals surface area (Å²) >= 11 is 0. The number of para-hydroxylation sites is 1. The first kappa shape index (κ1) is 16.6. The predicted octanol–water partition coefficient (Wildman–Crippen LogP) is 3.10. The number of aromatic amines is 1. The number of hydrogen-bond donors (Lipinski definition) is 2. The average Bonchev–Trinajstić information content (AvgIpc) is 3.26. The number of hydrogen-bond acceptors (Lipinski definition) is 3. The molecular weight excluding hydrogens is 304 g/mol. The zero-order valence-electron chi connectivity index (χ0n) is 14.0. The molecule has 0 unspecified atom stereocenters. The van der Waals surface area contributed by atoms with Gasteiger partial charge >= 0.3 is 0 Å². The Kier molecular flexibility index (Phi) is 5.20. The molecule has 1 aromatic heterocycles. The first-order valence-electron chi connectivity index (χ1n) is 8.53. The van der Waals surface area contributed by atoms with E-state index in [2.05, 4.69) is 4.98 Å². The first-order chi connectivity index (χ1) is 11.7. The first-order valence-corrected chi connectivity index (χ1v) is 8.53. The van der Waals surface area contributed by atoms with E-state index in [9.17, 15) is 9.90 Å². The molecule has 3 rings (SSSR count). The molecule has 1 aliphatic heterocycles. The molecule has 0 bridgehead atoms. The Labute approximate surface area is 142 Å². The van der Waals surface area contributed by atoms with E-state index in [4.69, 9.17) is 4.74 Å². The number of phenols is 1. The van der Waals surface area contributed by atoms with Crippen LogP contribution in [-0.2, 0) is 17.7 Å². The second-order valence-corrected chi connectivity index (χ2v) is 6.17. The topological polar surface area (TPSA) is 65.6 Å². The van der Waals surface area contributed by atoms with E-state index in [1.807, 2.05) is 25.1 Å². The lowest BCUT2D eigenvalue weighted by Gasteiger charge is -2.26. The molecule has 5 heteroatoms. The van der Waals surface area contributed by atoms with Crippen LogP contribution in [0.1, 0.15) is 41.4 Å². The smallest absolute Gasteiger partial charge is 0.256 e. The fourth-order valence-corrected chi connectivity index (χ4v) is 3.17. The van der Waals surface area contributed by atoms with E-state index >= 15 is 0 Å². The van der Waals surface area contributed by atoms with Gasteiger partial charge in [0.1, 0.15) is 5.75 Å². The van der Waals surface area contributed by atoms with Gasteiger partial charge in [0.05, 0.1) is 11.7 Å². The van der Waals surface area contributed by atoms with E-state index in [1.165, 1.54) is 0 Å². The van der Waals surface area contributed by atoms with Crippen molar-refractivity contribution in [1.82, 2.24) is 9.88 Å². The van der Waals surface area contributed by atoms with Gasteiger partial charge in [-0.3, -0.25) is 4.79 Å². The quantitative estimate of drug-likeness (QED) is 0.856. The molecule has 0 aliphatic carbocycles. The number of carbonyl (C=O) groups is 1. The van der Waals surface area contributed by atoms with Crippen LogP contribution in [0.15, 0.2) is 36.5 Å². The van der Waals surface area contributed by atoms with Crippen LogP contribution in [-0.4, -0.2) is 40.2 Å². The molecule has 1 atom stereocenters. The zero-order valence-corrected chi connectivity index (χ0v) is 14.0. The van der Waals surface area contributed by atoms with Crippen LogP contribution < -0.4 is 0 Å². The molecule has 0 saturated carbocycles. The van der Waals surface area contributed by atoms with Crippen LogP contribution in [0.5, 0.6) is 5.75 Å². The summed E-state index contributed by atoms with van der Waals surface area (Å²) in [4.78, 5) is 18.0. The van der Waals surface area contributed by atoms with Gasteiger partial charge in [-0.2, -0.15) is 0 Å². The van der Waals surface area contributed by atoms with Gasteiger partial charge < -0.3 is 19.7 Å². The standard InChI is InChI=1S/C19H24N2O3/c1-2-17-16(9-10-20-17)19(23)21(13-15-7-5-11-24-15)12-14-6-3-4-8-18(14)22/h3-4,6,8-10,15,20,22H,2,5,7,11-13H2,1H3/t15-/m1/s1. The minimum absolute atomic E-state index is 0.0214. The summed E-state index contributed by atoms with van der Waals surface area (Å²) < 4.78 is 5.71. The number of amides is 1. The fourth-order valence-electron chi connectivity index (χ4n) is 3.17. The number of nitrogens with one attached hydrogen (secondary N) is 1. The summed E-state index contributed by atoms with van der Waals surface area (Å²) in [6.07, 6.45) is 4.66. The Balaban J connectivity index is 1.83. The molecule has 1 aromatic carbocycles. The number of nitrogens with zero attached hydrogens (tertiary/aromatic N) is 1. The fraction of sp³-hybridized carbons (Fsp3) is 0.421. The van der Waals surface area contributed by atoms with Gasteiger partial charge in [0.2, 0.25) is 0 Å². The van der Waals surface area contributed by atoms with Crippen LogP contribution >= 0.6 is 0 Å². The molecule has 1 aliphatic rings. The summed E-state index contributed by atoms with van der Waals surface area (Å²) in [6, 6.07) is 8.99. The number of carbonyl (C=O) groups excluding carboxylic acids is 1. The highest BCUT2D eigenvalue weighted by atomic mass is 16.5. The molecule has 1 amide bonds. The number of ether oxygens (including phenoxy) is 1. The van der Waals surface area contributed by atoms with Gasteiger partial charge in [-0.15, -0.1) is 0 Å². The van der Waals surface area contributed by atoms with Crippen molar-refractivity contribution in [3.63, 3.8) is 0 Å². The summed E-state index contributed by atoms with van der Waals surface area (Å²) in [5.74, 6) is 0.194. The number of aryl methyl sites for hydroxylation is 1. The van der Waals surface area contributed by atoms with Crippen LogP contribution in [0, 0.1) is 0 Å². The maximum absolute atomic E-state index is 13.1. The lowest BCUT2D eigenvalue weighted by atomic mass is 10.1. The van der Waals surface area contributed by atoms with Gasteiger partial charge in [-0.25, -0.2) is 0 Å². The predicted molar refractivity (Wildman–Crippen MR) is 92.0 cm³/mol. The average molecular weight is 328 g/mol. The molecule has 2 heterocycles. The number of rotatable bonds is 6. The molecule has 1 fully saturated rings. The van der Waals surface area contributed by atoms with Gasteiger partial charge in [-0.1, -0.05) is 25.1 Å². The largest absolute Gasteiger partial charge is 0.508 e. The van der Waals surface area contributed by atoms with E-state index in [0.717, 1.165) is 37.1 Å². The maximum atomic E-state index is 13.1. The third kappa shape index (κ3) is 3.62. The van der Waals surface area contributed by atoms with Crippen molar-refractivity contribution in [3.05, 3.63) is 53.3 Å². The number of phenolic OH excluding ortho intramolecular Hbond substituents is 1. The third-order valence-electron chi connectivity index (χ3n) is 4.50. The van der Waals surface area contributed by atoms with Crippen molar-refractivity contribution < 1.29 is 14.6 Å². The number of benzene rings is 1. The SMILES string of the molecule is CCc1[nH]ccc1C(=O)N(Cc1ccccc1O)C[C@H]1CCCO1. The van der Waals surface area contributed by atoms with Gasteiger partial charge in [0, 0.05) is 37.2 Å². The Morgan fingerprint density at radius 1 is 1.38 bits per heavy atom. The molecular formula is C19H24N2O3. The number of aromatic hydroxyl groups is 1. The molecule has 2 N–H and O–H groups in total. The highest BCUT2D eigenvalue weighted by molar-refractivity contribution is 5.95. The third-order valence-corrected chi connectivity index (χ3v) is 4.50. The highest BCUT2D eigenvalue weighted by Gasteiger charge is 2.25. The van der Waals surface area contributed by atoms with Crippen LogP contribution in [0.25, 0.3) is 0 Å². The van der Waals surface area contributed by atoms with Crippen molar-refractivity contribution in [2.75, 3.05) is 13.2 Å². The molecule has 2 aromatic rings. The van der Waals surface area contributed by atoms with Gasteiger partial charge in [-0.05, 0) is 31.4 Å². The van der Waals surface area contributed by atoms with Crippen LogP contribution in [0.4, 0.5) is 0 Å². The zero-order chi connectivity index (χ0) is 16.9. The molecule has 24 heavy (non-hydrogen) atoms. The molecule has 1 saturated heterocycles. The molecule has 128 valence electrons. The van der Waals surface area contributed by atoms with Crippen molar-refractivity contribution >= 4 is 5.91 Å². The Hall–Kier alpha value is -2.27. The van der Waals surface area contributed by atoms with Gasteiger partial charge in [0.25, 0.3) is 5.91 Å². The Bertz CT molecular complexity index is 689. The maximum Gasteiger partial charge on any atom is 0.256 e. The highest BCUT2D eigenvalue weighted by Crippen LogP contribution is 2.22. The van der Waals surface area contributed by atoms with E-state index in [0.29, 0.717) is 18.7 Å². The minimum Gasteiger partial charge on any atom is -0.508 e. The second kappa shape index (κ2) is 7.53. The van der Waals surface area contributed by atoms with E-state index in [1.54, 1.807) is 23.2 Å². The minimum atomic E-state index is -0.0214. The molecule has 5 nitrogen and oxygen atoms in total. The normalized spacial score (nSPS) is 17.1. The van der Waals surface area contributed by atoms with Crippen molar-refractivity contribution in [1.29, 1.82) is 0 Å². The van der Waals surface area contributed by atoms with Crippen LogP contribution in [0.2, 0.25) is 0 Å². The van der Waals surface area contributed by atoms with Crippen molar-refractivity contribution in [2.24, 2.45) is 0 Å². The lowest BCUT2D eigenvalue weighted by molar-refractivity contribution is 0.0505. The van der Waals surface area contributed by atoms with Gasteiger partial charge in [0.15, 0.2) is 0 Å². The molecule has 0 spiro atoms. The van der Waals surface area contributed by atoms with Crippen molar-refractivity contribution in [3.8, 4) is 5.75 Å². The number of aromatic nitrogens is 1. The van der Waals surface area contributed by atoms with E-state index in [-0.39, 0.29) is 17.8 Å². The Morgan fingerprint density at radius 2 is 2.21 bits per heavy atom. The lowest BCUT2D eigenvalue weighted by Crippen LogP contribution is -2.37. The summed E-state index contributed by atoms with van der Waals surface area (Å²) in [5, 5.41) is 10.1. The Morgan fingerprint density at radius 3 is 2.92 bits per heavy atom. The number of H-pyrrole nitrogens is 1. The van der Waals surface area contributed by atoms with Crippen molar-refractivity contribution in [2.45, 2.75) is 38.8 Å². The summed E-state index contributed by atoms with van der Waals surface area (Å²) in [7, 11) is 0.